The molecule has 0 fully saturated rings. The van der Waals surface area contributed by atoms with Crippen molar-refractivity contribution in [3.8, 4) is 12.3 Å². The van der Waals surface area contributed by atoms with Gasteiger partial charge in [-0.15, -0.1) is 6.42 Å². The van der Waals surface area contributed by atoms with Crippen molar-refractivity contribution in [3.05, 3.63) is 71.3 Å². The highest BCUT2D eigenvalue weighted by Gasteiger charge is 2.42. The van der Waals surface area contributed by atoms with E-state index in [0.29, 0.717) is 11.1 Å². The van der Waals surface area contributed by atoms with Crippen molar-refractivity contribution < 1.29 is 14.4 Å². The van der Waals surface area contributed by atoms with E-state index in [-0.39, 0.29) is 13.0 Å². The van der Waals surface area contributed by atoms with Crippen LogP contribution in [0.15, 0.2) is 54.6 Å². The number of imide groups is 1. The number of fused-ring (bicyclic) bond motifs is 1. The molecule has 2 aromatic carbocycles. The van der Waals surface area contributed by atoms with E-state index in [4.69, 9.17) is 6.42 Å². The van der Waals surface area contributed by atoms with E-state index in [1.807, 2.05) is 30.3 Å². The molecule has 3 rings (SSSR count). The molecule has 3 amide bonds. The van der Waals surface area contributed by atoms with Gasteiger partial charge in [0.1, 0.15) is 6.04 Å². The standard InChI is InChI=1S/C20H16N2O3/c1-2-12-21-18(23)17(13-14-8-4-3-5-9-14)22-19(24)15-10-6-7-11-16(15)20(22)25/h1,3-11,17H,12-13H2,(H,21,23)/t17-/m0/s1. The van der Waals surface area contributed by atoms with E-state index in [1.54, 1.807) is 24.3 Å². The van der Waals surface area contributed by atoms with E-state index < -0.39 is 23.8 Å². The van der Waals surface area contributed by atoms with Gasteiger partial charge in [-0.3, -0.25) is 19.3 Å². The number of carbonyl (C=O) groups excluding carboxylic acids is 3. The Bertz CT molecular complexity index is 833. The normalized spacial score (nSPS) is 14.0. The predicted molar refractivity (Wildman–Crippen MR) is 92.7 cm³/mol. The van der Waals surface area contributed by atoms with Gasteiger partial charge in [-0.1, -0.05) is 48.4 Å². The van der Waals surface area contributed by atoms with Crippen LogP contribution in [0.1, 0.15) is 26.3 Å². The molecule has 124 valence electrons. The van der Waals surface area contributed by atoms with Gasteiger partial charge in [0.15, 0.2) is 0 Å². The number of amides is 3. The maximum Gasteiger partial charge on any atom is 0.262 e. The quantitative estimate of drug-likeness (QED) is 0.669. The average molecular weight is 332 g/mol. The van der Waals surface area contributed by atoms with Crippen molar-refractivity contribution in [3.63, 3.8) is 0 Å². The molecule has 0 unspecified atom stereocenters. The van der Waals surface area contributed by atoms with Gasteiger partial charge in [0.2, 0.25) is 5.91 Å². The summed E-state index contributed by atoms with van der Waals surface area (Å²) in [5, 5.41) is 2.58. The third-order valence-electron chi connectivity index (χ3n) is 4.08. The summed E-state index contributed by atoms with van der Waals surface area (Å²) >= 11 is 0. The molecule has 1 atom stereocenters. The smallest absolute Gasteiger partial charge is 0.262 e. The summed E-state index contributed by atoms with van der Waals surface area (Å²) in [7, 11) is 0. The third-order valence-corrected chi connectivity index (χ3v) is 4.08. The van der Waals surface area contributed by atoms with Crippen LogP contribution in [0.3, 0.4) is 0 Å². The zero-order valence-corrected chi connectivity index (χ0v) is 13.4. The molecule has 1 heterocycles. The summed E-state index contributed by atoms with van der Waals surface area (Å²) in [6, 6.07) is 14.8. The maximum absolute atomic E-state index is 12.7. The first kappa shape index (κ1) is 16.5. The molecule has 0 spiro atoms. The molecule has 0 saturated heterocycles. The predicted octanol–water partition coefficient (Wildman–Crippen LogP) is 1.64. The molecule has 0 saturated carbocycles. The van der Waals surface area contributed by atoms with Crippen molar-refractivity contribution in [2.24, 2.45) is 0 Å². The monoisotopic (exact) mass is 332 g/mol. The number of carbonyl (C=O) groups is 3. The number of rotatable bonds is 5. The number of nitrogens with zero attached hydrogens (tertiary/aromatic N) is 1. The lowest BCUT2D eigenvalue weighted by atomic mass is 10.0. The van der Waals surface area contributed by atoms with Gasteiger partial charge in [-0.2, -0.15) is 0 Å². The van der Waals surface area contributed by atoms with Crippen molar-refractivity contribution in [2.45, 2.75) is 12.5 Å². The largest absolute Gasteiger partial charge is 0.343 e. The Morgan fingerprint density at radius 2 is 1.56 bits per heavy atom. The summed E-state index contributed by atoms with van der Waals surface area (Å²) in [6.45, 7) is 0.0350. The van der Waals surface area contributed by atoms with Crippen molar-refractivity contribution in [1.82, 2.24) is 10.2 Å². The van der Waals surface area contributed by atoms with Crippen LogP contribution < -0.4 is 5.32 Å². The van der Waals surface area contributed by atoms with E-state index in [1.165, 1.54) is 0 Å². The van der Waals surface area contributed by atoms with Crippen LogP contribution in [-0.4, -0.2) is 35.2 Å². The molecular weight excluding hydrogens is 316 g/mol. The van der Waals surface area contributed by atoms with E-state index in [2.05, 4.69) is 11.2 Å². The van der Waals surface area contributed by atoms with E-state index >= 15 is 0 Å². The average Bonchev–Trinajstić information content (AvgIpc) is 2.90. The number of hydrogen-bond donors (Lipinski definition) is 1. The fraction of sp³-hybridized carbons (Fsp3) is 0.150. The second kappa shape index (κ2) is 7.02. The van der Waals surface area contributed by atoms with Crippen LogP contribution in [0.25, 0.3) is 0 Å². The van der Waals surface area contributed by atoms with Gasteiger partial charge in [0.25, 0.3) is 11.8 Å². The molecule has 0 radical (unpaired) electrons. The first-order valence-corrected chi connectivity index (χ1v) is 7.85. The highest BCUT2D eigenvalue weighted by Crippen LogP contribution is 2.26. The Kier molecular flexibility index (Phi) is 4.62. The summed E-state index contributed by atoms with van der Waals surface area (Å²) in [6.07, 6.45) is 5.42. The van der Waals surface area contributed by atoms with Gasteiger partial charge >= 0.3 is 0 Å². The summed E-state index contributed by atoms with van der Waals surface area (Å²) < 4.78 is 0. The van der Waals surface area contributed by atoms with E-state index in [0.717, 1.165) is 10.5 Å². The topological polar surface area (TPSA) is 66.5 Å². The van der Waals surface area contributed by atoms with Crippen LogP contribution >= 0.6 is 0 Å². The Labute approximate surface area is 145 Å². The Morgan fingerprint density at radius 1 is 1.00 bits per heavy atom. The van der Waals surface area contributed by atoms with Crippen LogP contribution in [0, 0.1) is 12.3 Å². The van der Waals surface area contributed by atoms with E-state index in [9.17, 15) is 14.4 Å². The number of terminal acetylenes is 1. The highest BCUT2D eigenvalue weighted by molar-refractivity contribution is 6.22. The van der Waals surface area contributed by atoms with Crippen molar-refractivity contribution in [2.75, 3.05) is 6.54 Å². The van der Waals surface area contributed by atoms with Crippen LogP contribution in [-0.2, 0) is 11.2 Å². The molecule has 5 nitrogen and oxygen atoms in total. The molecule has 0 bridgehead atoms. The van der Waals surface area contributed by atoms with Gasteiger partial charge in [-0.05, 0) is 17.7 Å². The Balaban J connectivity index is 1.95. The minimum absolute atomic E-state index is 0.0350. The minimum Gasteiger partial charge on any atom is -0.343 e. The lowest BCUT2D eigenvalue weighted by Gasteiger charge is -2.25. The summed E-state index contributed by atoms with van der Waals surface area (Å²) in [5.74, 6) is 0.958. The zero-order chi connectivity index (χ0) is 17.8. The highest BCUT2D eigenvalue weighted by atomic mass is 16.2. The van der Waals surface area contributed by atoms with Crippen LogP contribution in [0.4, 0.5) is 0 Å². The molecular formula is C20H16N2O3. The maximum atomic E-state index is 12.7. The fourth-order valence-corrected chi connectivity index (χ4v) is 2.89. The minimum atomic E-state index is -0.955. The molecule has 1 aliphatic heterocycles. The van der Waals surface area contributed by atoms with Crippen molar-refractivity contribution in [1.29, 1.82) is 0 Å². The zero-order valence-electron chi connectivity index (χ0n) is 13.4. The summed E-state index contributed by atoms with van der Waals surface area (Å²) in [4.78, 5) is 39.0. The second-order valence-electron chi connectivity index (χ2n) is 5.65. The molecule has 1 aliphatic rings. The van der Waals surface area contributed by atoms with Gasteiger partial charge in [0.05, 0.1) is 17.7 Å². The molecule has 2 aromatic rings. The second-order valence-corrected chi connectivity index (χ2v) is 5.65. The fourth-order valence-electron chi connectivity index (χ4n) is 2.89. The lowest BCUT2D eigenvalue weighted by Crippen LogP contribution is -2.50. The van der Waals surface area contributed by atoms with Crippen LogP contribution in [0.2, 0.25) is 0 Å². The first-order valence-electron chi connectivity index (χ1n) is 7.85. The van der Waals surface area contributed by atoms with Gasteiger partial charge < -0.3 is 5.32 Å². The number of benzene rings is 2. The Morgan fingerprint density at radius 3 is 2.12 bits per heavy atom. The third kappa shape index (κ3) is 3.15. The van der Waals surface area contributed by atoms with Crippen LogP contribution in [0.5, 0.6) is 0 Å². The SMILES string of the molecule is C#CCNC(=O)[C@H](Cc1ccccc1)N1C(=O)c2ccccc2C1=O. The molecule has 1 N–H and O–H groups in total. The Hall–Kier alpha value is -3.39. The van der Waals surface area contributed by atoms with Gasteiger partial charge in [-0.25, -0.2) is 0 Å². The number of nitrogens with one attached hydrogen (secondary N) is 1. The first-order chi connectivity index (χ1) is 12.1. The summed E-state index contributed by atoms with van der Waals surface area (Å²) in [5.41, 5.74) is 1.48. The molecule has 0 aromatic heterocycles. The van der Waals surface area contributed by atoms with Crippen molar-refractivity contribution >= 4 is 17.7 Å². The molecule has 0 aliphatic carbocycles. The number of hydrogen-bond acceptors (Lipinski definition) is 3. The van der Waals surface area contributed by atoms with Gasteiger partial charge in [0, 0.05) is 6.42 Å². The molecule has 5 heteroatoms. The molecule has 25 heavy (non-hydrogen) atoms. The lowest BCUT2D eigenvalue weighted by molar-refractivity contribution is -0.124.